The lowest BCUT2D eigenvalue weighted by Crippen LogP contribution is -2.60. The Morgan fingerprint density at radius 2 is 1.94 bits per heavy atom. The topological polar surface area (TPSA) is 89.3 Å². The molecule has 0 spiro atoms. The number of fused-ring (bicyclic) bond motifs is 1. The zero-order chi connectivity index (χ0) is 22.3. The number of unbranched alkanes of at least 4 members (excludes halogenated alkanes) is 1. The maximum absolute atomic E-state index is 6.81. The van der Waals surface area contributed by atoms with Crippen molar-refractivity contribution in [1.82, 2.24) is 19.9 Å². The highest BCUT2D eigenvalue weighted by Crippen LogP contribution is 2.61. The molecule has 6 rings (SSSR count). The highest BCUT2D eigenvalue weighted by molar-refractivity contribution is 5.88. The first kappa shape index (κ1) is 21.2. The van der Waals surface area contributed by atoms with Crippen molar-refractivity contribution >= 4 is 16.9 Å². The van der Waals surface area contributed by atoms with Crippen LogP contribution in [0.15, 0.2) is 30.5 Å². The van der Waals surface area contributed by atoms with E-state index in [2.05, 4.69) is 60.2 Å². The summed E-state index contributed by atoms with van der Waals surface area (Å²) in [6.07, 6.45) is 7.24. The van der Waals surface area contributed by atoms with Crippen LogP contribution in [0.2, 0.25) is 0 Å². The minimum absolute atomic E-state index is 0.0142. The van der Waals surface area contributed by atoms with E-state index in [1.165, 1.54) is 5.56 Å². The molecule has 0 radical (unpaired) electrons. The van der Waals surface area contributed by atoms with E-state index in [1.54, 1.807) is 0 Å². The third kappa shape index (κ3) is 3.95. The van der Waals surface area contributed by atoms with E-state index in [0.29, 0.717) is 18.4 Å². The van der Waals surface area contributed by atoms with Gasteiger partial charge in [0.05, 0.1) is 12.2 Å². The van der Waals surface area contributed by atoms with Gasteiger partial charge in [-0.1, -0.05) is 37.6 Å². The molecule has 3 saturated carbocycles. The lowest BCUT2D eigenvalue weighted by Gasteiger charge is -2.61. The Bertz CT molecular complexity index is 1070. The van der Waals surface area contributed by atoms with Crippen LogP contribution in [0.4, 0.5) is 5.82 Å². The summed E-state index contributed by atoms with van der Waals surface area (Å²) in [5.41, 5.74) is 11.2. The standard InChI is InChI=1S/C25H33N5O2/c1-4-5-10-31-24-28-20-19(14-27-21(20)23(26)29-24)22(32-25-11-17(12-25)13-25)18-8-6-16(7-9-18)15-30(2)3/h6-9,14,17,22,27H,4-5,10-13,15H2,1-3H3,(H2,26,28,29). The van der Waals surface area contributed by atoms with Crippen LogP contribution in [0.1, 0.15) is 61.8 Å². The van der Waals surface area contributed by atoms with E-state index in [-0.39, 0.29) is 11.7 Å². The average Bonchev–Trinajstić information content (AvgIpc) is 3.11. The van der Waals surface area contributed by atoms with Gasteiger partial charge in [0.1, 0.15) is 17.1 Å². The molecule has 3 aliphatic carbocycles. The first-order chi connectivity index (χ1) is 15.5. The van der Waals surface area contributed by atoms with Gasteiger partial charge in [0.25, 0.3) is 0 Å². The van der Waals surface area contributed by atoms with Crippen LogP contribution in [0, 0.1) is 5.92 Å². The summed E-state index contributed by atoms with van der Waals surface area (Å²) in [5.74, 6) is 1.25. The molecule has 3 aliphatic rings. The van der Waals surface area contributed by atoms with Crippen molar-refractivity contribution in [2.75, 3.05) is 26.4 Å². The summed E-state index contributed by atoms with van der Waals surface area (Å²) in [5, 5.41) is 0. The predicted molar refractivity (Wildman–Crippen MR) is 126 cm³/mol. The number of aromatic nitrogens is 3. The summed E-state index contributed by atoms with van der Waals surface area (Å²) in [7, 11) is 4.16. The molecule has 7 heteroatoms. The van der Waals surface area contributed by atoms with E-state index < -0.39 is 0 Å². The zero-order valence-electron chi connectivity index (χ0n) is 19.2. The average molecular weight is 436 g/mol. The summed E-state index contributed by atoms with van der Waals surface area (Å²) in [4.78, 5) is 14.5. The van der Waals surface area contributed by atoms with Crippen LogP contribution in [0.25, 0.3) is 11.0 Å². The first-order valence-corrected chi connectivity index (χ1v) is 11.6. The van der Waals surface area contributed by atoms with E-state index in [0.717, 1.165) is 66.7 Å². The van der Waals surface area contributed by atoms with Crippen molar-refractivity contribution in [2.24, 2.45) is 5.92 Å². The Balaban J connectivity index is 1.50. The molecule has 1 unspecified atom stereocenters. The Morgan fingerprint density at radius 3 is 2.56 bits per heavy atom. The van der Waals surface area contributed by atoms with Crippen molar-refractivity contribution in [3.8, 4) is 6.01 Å². The number of nitrogens with two attached hydrogens (primary N) is 1. The quantitative estimate of drug-likeness (QED) is 0.458. The maximum Gasteiger partial charge on any atom is 0.319 e. The number of nitrogens with zero attached hydrogens (tertiary/aromatic N) is 3. The molecular weight excluding hydrogens is 402 g/mol. The lowest BCUT2D eigenvalue weighted by atomic mass is 9.52. The molecule has 170 valence electrons. The highest BCUT2D eigenvalue weighted by Gasteiger charge is 2.59. The smallest absolute Gasteiger partial charge is 0.319 e. The van der Waals surface area contributed by atoms with Crippen molar-refractivity contribution in [1.29, 1.82) is 0 Å². The first-order valence-electron chi connectivity index (χ1n) is 11.6. The van der Waals surface area contributed by atoms with Crippen LogP contribution >= 0.6 is 0 Å². The summed E-state index contributed by atoms with van der Waals surface area (Å²) in [6.45, 7) is 3.62. The van der Waals surface area contributed by atoms with Crippen molar-refractivity contribution < 1.29 is 9.47 Å². The van der Waals surface area contributed by atoms with Gasteiger partial charge in [0.15, 0.2) is 5.82 Å². The van der Waals surface area contributed by atoms with Crippen LogP contribution in [0.5, 0.6) is 6.01 Å². The van der Waals surface area contributed by atoms with Crippen LogP contribution in [-0.2, 0) is 11.3 Å². The number of rotatable bonds is 10. The molecule has 2 aromatic heterocycles. The van der Waals surface area contributed by atoms with Crippen LogP contribution < -0.4 is 10.5 Å². The second-order valence-corrected chi connectivity index (χ2v) is 9.70. The fourth-order valence-electron chi connectivity index (χ4n) is 4.87. The molecule has 0 saturated heterocycles. The minimum Gasteiger partial charge on any atom is -0.463 e. The lowest BCUT2D eigenvalue weighted by molar-refractivity contribution is -0.243. The molecule has 32 heavy (non-hydrogen) atoms. The third-order valence-electron chi connectivity index (χ3n) is 6.70. The van der Waals surface area contributed by atoms with Gasteiger partial charge in [-0.3, -0.25) is 0 Å². The number of anilines is 1. The van der Waals surface area contributed by atoms with Gasteiger partial charge < -0.3 is 25.1 Å². The number of H-pyrrole nitrogens is 1. The molecule has 1 aromatic carbocycles. The second-order valence-electron chi connectivity index (χ2n) is 9.70. The Labute approximate surface area is 189 Å². The molecule has 0 aliphatic heterocycles. The summed E-state index contributed by atoms with van der Waals surface area (Å²) < 4.78 is 12.6. The van der Waals surface area contributed by atoms with Gasteiger partial charge in [0.2, 0.25) is 0 Å². The maximum atomic E-state index is 6.81. The predicted octanol–water partition coefficient (Wildman–Crippen LogP) is 4.44. The molecular formula is C25H33N5O2. The summed E-state index contributed by atoms with van der Waals surface area (Å²) >= 11 is 0. The van der Waals surface area contributed by atoms with E-state index in [4.69, 9.17) is 20.2 Å². The van der Waals surface area contributed by atoms with Gasteiger partial charge in [-0.25, -0.2) is 0 Å². The van der Waals surface area contributed by atoms with E-state index in [9.17, 15) is 0 Å². The molecule has 3 aromatic rings. The van der Waals surface area contributed by atoms with Gasteiger partial charge in [0, 0.05) is 18.3 Å². The molecule has 3 N–H and O–H groups in total. The monoisotopic (exact) mass is 435 g/mol. The molecule has 2 heterocycles. The Hall–Kier alpha value is -2.64. The molecule has 0 amide bonds. The highest BCUT2D eigenvalue weighted by atomic mass is 16.5. The van der Waals surface area contributed by atoms with Crippen molar-refractivity contribution in [3.63, 3.8) is 0 Å². The Morgan fingerprint density at radius 1 is 1.19 bits per heavy atom. The van der Waals surface area contributed by atoms with Crippen LogP contribution in [-0.4, -0.2) is 46.2 Å². The number of nitrogens with one attached hydrogen (secondary N) is 1. The fraction of sp³-hybridized carbons (Fsp3) is 0.520. The van der Waals surface area contributed by atoms with Crippen molar-refractivity contribution in [3.05, 3.63) is 47.2 Å². The Kier molecular flexibility index (Phi) is 5.55. The largest absolute Gasteiger partial charge is 0.463 e. The molecule has 3 fully saturated rings. The number of aromatic amines is 1. The van der Waals surface area contributed by atoms with Gasteiger partial charge in [-0.2, -0.15) is 9.97 Å². The van der Waals surface area contributed by atoms with Crippen LogP contribution in [0.3, 0.4) is 0 Å². The van der Waals surface area contributed by atoms with E-state index in [1.807, 2.05) is 6.20 Å². The minimum atomic E-state index is -0.212. The number of nitrogen functional groups attached to an aromatic ring is 1. The molecule has 7 nitrogen and oxygen atoms in total. The van der Waals surface area contributed by atoms with E-state index >= 15 is 0 Å². The fourth-order valence-corrected chi connectivity index (χ4v) is 4.87. The normalized spacial score (nSPS) is 22.6. The number of hydrogen-bond donors (Lipinski definition) is 2. The zero-order valence-corrected chi connectivity index (χ0v) is 19.2. The number of hydrogen-bond acceptors (Lipinski definition) is 6. The van der Waals surface area contributed by atoms with Crippen molar-refractivity contribution in [2.45, 2.75) is 57.3 Å². The van der Waals surface area contributed by atoms with Gasteiger partial charge in [-0.15, -0.1) is 0 Å². The second kappa shape index (κ2) is 8.37. The SMILES string of the molecule is CCCCOc1nc(N)c2[nH]cc(C(OC34CC(C3)C4)c3ccc(CN(C)C)cc3)c2n1. The molecule has 1 atom stereocenters. The number of ether oxygens (including phenoxy) is 2. The van der Waals surface area contributed by atoms with Gasteiger partial charge in [-0.05, 0) is 56.8 Å². The number of benzene rings is 1. The van der Waals surface area contributed by atoms with Gasteiger partial charge >= 0.3 is 6.01 Å². The third-order valence-corrected chi connectivity index (χ3v) is 6.70. The summed E-state index contributed by atoms with van der Waals surface area (Å²) in [6, 6.07) is 9.06. The molecule has 2 bridgehead atoms.